The van der Waals surface area contributed by atoms with Crippen molar-refractivity contribution in [2.24, 2.45) is 0 Å². The Hall–Kier alpha value is -1.74. The van der Waals surface area contributed by atoms with Crippen LogP contribution in [-0.2, 0) is 16.6 Å². The largest absolute Gasteiger partial charge is 0.297 e. The number of nitrogens with one attached hydrogen (secondary N) is 1. The van der Waals surface area contributed by atoms with E-state index >= 15 is 0 Å². The van der Waals surface area contributed by atoms with Crippen molar-refractivity contribution in [2.75, 3.05) is 6.54 Å². The van der Waals surface area contributed by atoms with E-state index in [2.05, 4.69) is 9.71 Å². The van der Waals surface area contributed by atoms with Crippen LogP contribution in [0.2, 0.25) is 5.02 Å². The molecule has 0 saturated heterocycles. The number of hydrogen-bond acceptors (Lipinski definition) is 5. The van der Waals surface area contributed by atoms with Crippen LogP contribution in [-0.4, -0.2) is 24.5 Å². The summed E-state index contributed by atoms with van der Waals surface area (Å²) in [6.45, 7) is 0.242. The van der Waals surface area contributed by atoms with Crippen molar-refractivity contribution in [1.82, 2.24) is 14.3 Å². The first-order chi connectivity index (χ1) is 11.0. The number of hydrogen-bond donors (Lipinski definition) is 1. The molecule has 3 aromatic rings. The Morgan fingerprint density at radius 2 is 2.04 bits per heavy atom. The minimum Gasteiger partial charge on any atom is -0.297 e. The van der Waals surface area contributed by atoms with E-state index < -0.39 is 10.0 Å². The molecule has 0 bridgehead atoms. The molecule has 0 amide bonds. The van der Waals surface area contributed by atoms with Gasteiger partial charge in [-0.15, -0.1) is 11.3 Å². The van der Waals surface area contributed by atoms with Crippen LogP contribution in [0, 0.1) is 0 Å². The molecule has 0 aliphatic heterocycles. The summed E-state index contributed by atoms with van der Waals surface area (Å²) in [6, 6.07) is 7.90. The quantitative estimate of drug-likeness (QED) is 0.746. The van der Waals surface area contributed by atoms with Gasteiger partial charge in [-0.3, -0.25) is 9.36 Å². The van der Waals surface area contributed by atoms with Crippen molar-refractivity contribution in [1.29, 1.82) is 0 Å². The maximum atomic E-state index is 12.2. The lowest BCUT2D eigenvalue weighted by Gasteiger charge is -2.09. The minimum absolute atomic E-state index is 0.0143. The summed E-state index contributed by atoms with van der Waals surface area (Å²) in [6.07, 6.45) is 1.42. The molecule has 2 heterocycles. The van der Waals surface area contributed by atoms with Crippen LogP contribution in [0.25, 0.3) is 10.2 Å². The van der Waals surface area contributed by atoms with Crippen molar-refractivity contribution in [3.05, 3.63) is 57.4 Å². The first-order valence-electron chi connectivity index (χ1n) is 6.66. The fourth-order valence-electron chi connectivity index (χ4n) is 2.09. The van der Waals surface area contributed by atoms with Crippen LogP contribution >= 0.6 is 22.9 Å². The van der Waals surface area contributed by atoms with Crippen LogP contribution in [0.15, 0.2) is 51.7 Å². The highest BCUT2D eigenvalue weighted by atomic mass is 35.5. The SMILES string of the molecule is O=c1c2ccsc2ncn1CCNS(=O)(=O)c1ccccc1Cl. The fraction of sp³-hybridized carbons (Fsp3) is 0.143. The van der Waals surface area contributed by atoms with Crippen LogP contribution < -0.4 is 10.3 Å². The normalized spacial score (nSPS) is 11.9. The van der Waals surface area contributed by atoms with Gasteiger partial charge in [-0.05, 0) is 23.6 Å². The number of fused-ring (bicyclic) bond motifs is 1. The van der Waals surface area contributed by atoms with Crippen LogP contribution in [0.4, 0.5) is 0 Å². The number of aromatic nitrogens is 2. The average molecular weight is 370 g/mol. The number of benzene rings is 1. The third kappa shape index (κ3) is 3.30. The van der Waals surface area contributed by atoms with Crippen molar-refractivity contribution >= 4 is 43.2 Å². The Labute approximate surface area is 141 Å². The molecule has 2 aromatic heterocycles. The molecule has 3 rings (SSSR count). The van der Waals surface area contributed by atoms with E-state index in [1.54, 1.807) is 23.6 Å². The molecule has 0 radical (unpaired) electrons. The zero-order valence-electron chi connectivity index (χ0n) is 11.8. The summed E-state index contributed by atoms with van der Waals surface area (Å²) in [7, 11) is -3.72. The van der Waals surface area contributed by atoms with E-state index in [1.165, 1.54) is 34.4 Å². The zero-order chi connectivity index (χ0) is 16.4. The van der Waals surface area contributed by atoms with Crippen molar-refractivity contribution in [3.8, 4) is 0 Å². The molecule has 0 unspecified atom stereocenters. The van der Waals surface area contributed by atoms with Gasteiger partial charge < -0.3 is 0 Å². The van der Waals surface area contributed by atoms with Gasteiger partial charge >= 0.3 is 0 Å². The molecule has 0 aliphatic carbocycles. The fourth-order valence-corrected chi connectivity index (χ4v) is 4.36. The van der Waals surface area contributed by atoms with Crippen LogP contribution in [0.1, 0.15) is 0 Å². The second-order valence-electron chi connectivity index (χ2n) is 4.71. The third-order valence-electron chi connectivity index (χ3n) is 3.22. The van der Waals surface area contributed by atoms with Crippen molar-refractivity contribution < 1.29 is 8.42 Å². The van der Waals surface area contributed by atoms with E-state index in [9.17, 15) is 13.2 Å². The summed E-state index contributed by atoms with van der Waals surface area (Å²) < 4.78 is 28.2. The molecular formula is C14H12ClN3O3S2. The first-order valence-corrected chi connectivity index (χ1v) is 9.40. The monoisotopic (exact) mass is 369 g/mol. The predicted octanol–water partition coefficient (Wildman–Crippen LogP) is 2.09. The Kier molecular flexibility index (Phi) is 4.49. The first kappa shape index (κ1) is 16.1. The Morgan fingerprint density at radius 3 is 2.83 bits per heavy atom. The van der Waals surface area contributed by atoms with E-state index in [4.69, 9.17) is 11.6 Å². The maximum Gasteiger partial charge on any atom is 0.262 e. The molecule has 1 N–H and O–H groups in total. The summed E-state index contributed by atoms with van der Waals surface area (Å²) in [5.41, 5.74) is -0.187. The maximum absolute atomic E-state index is 12.2. The van der Waals surface area contributed by atoms with E-state index in [-0.39, 0.29) is 28.6 Å². The van der Waals surface area contributed by atoms with Gasteiger partial charge in [0.15, 0.2) is 0 Å². The van der Waals surface area contributed by atoms with Crippen LogP contribution in [0.3, 0.4) is 0 Å². The van der Waals surface area contributed by atoms with Gasteiger partial charge in [0.2, 0.25) is 10.0 Å². The lowest BCUT2D eigenvalue weighted by Crippen LogP contribution is -2.31. The van der Waals surface area contributed by atoms with Gasteiger partial charge in [0.05, 0.1) is 16.7 Å². The van der Waals surface area contributed by atoms with Gasteiger partial charge in [-0.25, -0.2) is 18.1 Å². The van der Waals surface area contributed by atoms with E-state index in [0.717, 1.165) is 0 Å². The molecular weight excluding hydrogens is 358 g/mol. The van der Waals surface area contributed by atoms with Gasteiger partial charge in [-0.2, -0.15) is 0 Å². The molecule has 0 spiro atoms. The lowest BCUT2D eigenvalue weighted by atomic mass is 10.4. The summed E-state index contributed by atoms with van der Waals surface area (Å²) in [5.74, 6) is 0. The van der Waals surface area contributed by atoms with Crippen molar-refractivity contribution in [2.45, 2.75) is 11.4 Å². The Balaban J connectivity index is 1.75. The minimum atomic E-state index is -3.72. The van der Waals surface area contributed by atoms with E-state index in [1.807, 2.05) is 0 Å². The van der Waals surface area contributed by atoms with Gasteiger partial charge in [0.25, 0.3) is 5.56 Å². The number of thiophene rings is 1. The Bertz CT molecular complexity index is 1010. The number of sulfonamides is 1. The van der Waals surface area contributed by atoms with Gasteiger partial charge in [-0.1, -0.05) is 23.7 Å². The number of halogens is 1. The average Bonchev–Trinajstić information content (AvgIpc) is 2.99. The van der Waals surface area contributed by atoms with Gasteiger partial charge in [0.1, 0.15) is 9.73 Å². The standard InChI is InChI=1S/C14H12ClN3O3S2/c15-11-3-1-2-4-12(11)23(20,21)17-6-7-18-9-16-13-10(14(18)19)5-8-22-13/h1-5,8-9,17H,6-7H2. The van der Waals surface area contributed by atoms with E-state index in [0.29, 0.717) is 10.2 Å². The number of rotatable bonds is 5. The smallest absolute Gasteiger partial charge is 0.262 e. The van der Waals surface area contributed by atoms with Gasteiger partial charge in [0, 0.05) is 13.1 Å². The molecule has 9 heteroatoms. The molecule has 0 atom stereocenters. The molecule has 0 aliphatic rings. The second-order valence-corrected chi connectivity index (χ2v) is 7.75. The van der Waals surface area contributed by atoms with Crippen molar-refractivity contribution in [3.63, 3.8) is 0 Å². The highest BCUT2D eigenvalue weighted by Gasteiger charge is 2.16. The second kappa shape index (κ2) is 6.40. The zero-order valence-corrected chi connectivity index (χ0v) is 14.2. The summed E-state index contributed by atoms with van der Waals surface area (Å²) >= 11 is 7.29. The highest BCUT2D eigenvalue weighted by Crippen LogP contribution is 2.19. The highest BCUT2D eigenvalue weighted by molar-refractivity contribution is 7.89. The molecule has 0 saturated carbocycles. The topological polar surface area (TPSA) is 81.1 Å². The molecule has 0 fully saturated rings. The predicted molar refractivity (Wildman–Crippen MR) is 90.5 cm³/mol. The number of nitrogens with zero attached hydrogens (tertiary/aromatic N) is 2. The molecule has 120 valence electrons. The molecule has 6 nitrogen and oxygen atoms in total. The Morgan fingerprint density at radius 1 is 1.26 bits per heavy atom. The summed E-state index contributed by atoms with van der Waals surface area (Å²) in [5, 5.41) is 2.48. The summed E-state index contributed by atoms with van der Waals surface area (Å²) in [4.78, 5) is 17.1. The molecule has 23 heavy (non-hydrogen) atoms. The van der Waals surface area contributed by atoms with Crippen LogP contribution in [0.5, 0.6) is 0 Å². The third-order valence-corrected chi connectivity index (χ3v) is 6.00. The lowest BCUT2D eigenvalue weighted by molar-refractivity contribution is 0.570. The molecule has 1 aromatic carbocycles.